The van der Waals surface area contributed by atoms with Crippen LogP contribution in [0.15, 0.2) is 0 Å². The Kier molecular flexibility index (Phi) is 1.95. The van der Waals surface area contributed by atoms with Crippen molar-refractivity contribution in [3.63, 3.8) is 0 Å². The fourth-order valence-corrected chi connectivity index (χ4v) is 0.168. The van der Waals surface area contributed by atoms with Crippen LogP contribution >= 0.6 is 7.82 Å². The molecule has 0 saturated carbocycles. The van der Waals surface area contributed by atoms with Crippen LogP contribution in [-0.4, -0.2) is 16.3 Å². The molecule has 0 unspecified atom stereocenters. The van der Waals surface area contributed by atoms with Gasteiger partial charge in [0.1, 0.15) is 0 Å². The van der Waals surface area contributed by atoms with Crippen molar-refractivity contribution in [1.29, 1.82) is 0 Å². The van der Waals surface area contributed by atoms with Crippen molar-refractivity contribution in [2.24, 2.45) is 0 Å². The molecule has 0 aliphatic heterocycles. The second-order valence-corrected chi connectivity index (χ2v) is 1.88. The molecule has 0 heterocycles. The van der Waals surface area contributed by atoms with Crippen molar-refractivity contribution in [2.75, 3.05) is 0 Å². The molecule has 0 atom stereocenters. The van der Waals surface area contributed by atoms with Crippen LogP contribution in [0.4, 0.5) is 0 Å². The highest BCUT2D eigenvalue weighted by atomic mass is 31.2. The predicted octanol–water partition coefficient (Wildman–Crippen LogP) is -0.748. The van der Waals surface area contributed by atoms with Crippen LogP contribution in [-0.2, 0) is 13.9 Å². The van der Waals surface area contributed by atoms with Gasteiger partial charge in [0.05, 0.1) is 0 Å². The van der Waals surface area contributed by atoms with Crippen LogP contribution < -0.4 is 0 Å². The minimum Gasteiger partial charge on any atom is -0.373 e. The van der Waals surface area contributed by atoms with E-state index in [1.807, 2.05) is 0 Å². The first kappa shape index (κ1) is 6.62. The number of hydrogen-bond donors (Lipinski definition) is 2. The lowest BCUT2D eigenvalue weighted by molar-refractivity contribution is -0.121. The summed E-state index contributed by atoms with van der Waals surface area (Å²) in [6, 6.07) is 0. The van der Waals surface area contributed by atoms with E-state index in [1.165, 1.54) is 0 Å². The van der Waals surface area contributed by atoms with Crippen LogP contribution in [0.25, 0.3) is 0 Å². The third-order valence-electron chi connectivity index (χ3n) is 0.180. The van der Waals surface area contributed by atoms with Gasteiger partial charge in [0.15, 0.2) is 0 Å². The molecule has 0 bridgehead atoms. The molecule has 0 aromatic carbocycles. The standard InChI is InChI=1S/CH3O5P/c2-1-6-7(3,4)5/h1H,(H2,3,4,5). The lowest BCUT2D eigenvalue weighted by atomic mass is 11.7. The molecule has 0 aromatic rings. The zero-order valence-electron chi connectivity index (χ0n) is 3.14. The SMILES string of the molecule is O=COP(=O)(O)O. The molecule has 0 aromatic heterocycles. The van der Waals surface area contributed by atoms with Gasteiger partial charge < -0.3 is 4.52 Å². The Morgan fingerprint density at radius 3 is 2.00 bits per heavy atom. The molecule has 7 heavy (non-hydrogen) atoms. The molecule has 0 amide bonds. The highest BCUT2D eigenvalue weighted by Crippen LogP contribution is 2.33. The van der Waals surface area contributed by atoms with Gasteiger partial charge in [-0.1, -0.05) is 0 Å². The molecule has 0 fully saturated rings. The van der Waals surface area contributed by atoms with Gasteiger partial charge in [-0.2, -0.15) is 0 Å². The van der Waals surface area contributed by atoms with Crippen molar-refractivity contribution >= 4 is 14.3 Å². The van der Waals surface area contributed by atoms with E-state index in [-0.39, 0.29) is 6.47 Å². The highest BCUT2D eigenvalue weighted by Gasteiger charge is 2.11. The summed E-state index contributed by atoms with van der Waals surface area (Å²) in [7, 11) is -4.53. The van der Waals surface area contributed by atoms with Crippen molar-refractivity contribution in [3.8, 4) is 0 Å². The van der Waals surface area contributed by atoms with E-state index in [1.54, 1.807) is 0 Å². The molecule has 0 aliphatic rings. The fourth-order valence-electron chi connectivity index (χ4n) is 0.0561. The second kappa shape index (κ2) is 2.07. The van der Waals surface area contributed by atoms with Crippen LogP contribution in [0.1, 0.15) is 0 Å². The maximum absolute atomic E-state index is 9.47. The zero-order valence-corrected chi connectivity index (χ0v) is 4.04. The highest BCUT2D eigenvalue weighted by molar-refractivity contribution is 7.46. The summed E-state index contributed by atoms with van der Waals surface area (Å²) in [4.78, 5) is 24.5. The third kappa shape index (κ3) is 5.62. The lowest BCUT2D eigenvalue weighted by Gasteiger charge is -1.93. The van der Waals surface area contributed by atoms with Gasteiger partial charge in [0.2, 0.25) is 0 Å². The molecular weight excluding hydrogens is 123 g/mol. The van der Waals surface area contributed by atoms with Crippen molar-refractivity contribution in [3.05, 3.63) is 0 Å². The number of rotatable bonds is 2. The zero-order chi connectivity index (χ0) is 5.91. The van der Waals surface area contributed by atoms with Crippen molar-refractivity contribution < 1.29 is 23.7 Å². The number of carbonyl (C=O) groups excluding carboxylic acids is 1. The third-order valence-corrected chi connectivity index (χ3v) is 0.541. The number of phosphoric ester groups is 1. The Morgan fingerprint density at radius 1 is 1.57 bits per heavy atom. The van der Waals surface area contributed by atoms with E-state index in [9.17, 15) is 4.57 Å². The number of phosphoric acid groups is 1. The van der Waals surface area contributed by atoms with E-state index in [2.05, 4.69) is 4.52 Å². The summed E-state index contributed by atoms with van der Waals surface area (Å²) in [6.45, 7) is -0.305. The fraction of sp³-hybridized carbons (Fsp3) is 0. The van der Waals surface area contributed by atoms with Gasteiger partial charge in [-0.15, -0.1) is 0 Å². The Morgan fingerprint density at radius 2 is 2.00 bits per heavy atom. The van der Waals surface area contributed by atoms with E-state index in [0.717, 1.165) is 0 Å². The average molecular weight is 126 g/mol. The van der Waals surface area contributed by atoms with E-state index in [4.69, 9.17) is 14.6 Å². The molecule has 0 radical (unpaired) electrons. The first-order valence-corrected chi connectivity index (χ1v) is 2.77. The van der Waals surface area contributed by atoms with Crippen LogP contribution in [0.2, 0.25) is 0 Å². The number of carbonyl (C=O) groups is 1. The maximum Gasteiger partial charge on any atom is 0.526 e. The first-order valence-electron chi connectivity index (χ1n) is 1.24. The molecule has 0 rings (SSSR count). The molecule has 42 valence electrons. The second-order valence-electron chi connectivity index (χ2n) is 0.692. The Bertz CT molecular complexity index is 101. The van der Waals surface area contributed by atoms with E-state index < -0.39 is 7.82 Å². The summed E-state index contributed by atoms with van der Waals surface area (Å²) < 4.78 is 12.7. The molecule has 2 N–H and O–H groups in total. The Balaban J connectivity index is 3.57. The van der Waals surface area contributed by atoms with Crippen molar-refractivity contribution in [2.45, 2.75) is 0 Å². The summed E-state index contributed by atoms with van der Waals surface area (Å²) >= 11 is 0. The summed E-state index contributed by atoms with van der Waals surface area (Å²) in [5.41, 5.74) is 0. The van der Waals surface area contributed by atoms with Gasteiger partial charge in [-0.05, 0) is 0 Å². The molecule has 0 saturated heterocycles. The normalized spacial score (nSPS) is 10.6. The van der Waals surface area contributed by atoms with Crippen LogP contribution in [0.5, 0.6) is 0 Å². The van der Waals surface area contributed by atoms with Gasteiger partial charge >= 0.3 is 14.3 Å². The van der Waals surface area contributed by atoms with Gasteiger partial charge in [-0.3, -0.25) is 14.6 Å². The summed E-state index contributed by atoms with van der Waals surface area (Å²) in [5.74, 6) is 0. The van der Waals surface area contributed by atoms with Gasteiger partial charge in [0, 0.05) is 0 Å². The topological polar surface area (TPSA) is 83.8 Å². The van der Waals surface area contributed by atoms with Crippen LogP contribution in [0, 0.1) is 0 Å². The van der Waals surface area contributed by atoms with Gasteiger partial charge in [-0.25, -0.2) is 4.57 Å². The Labute approximate surface area is 39.2 Å². The molecule has 6 heteroatoms. The smallest absolute Gasteiger partial charge is 0.373 e. The Hall–Kier alpha value is -0.380. The summed E-state index contributed by atoms with van der Waals surface area (Å²) in [6.07, 6.45) is 0. The van der Waals surface area contributed by atoms with Crippen LogP contribution in [0.3, 0.4) is 0 Å². The first-order chi connectivity index (χ1) is 3.06. The van der Waals surface area contributed by atoms with E-state index >= 15 is 0 Å². The number of hydrogen-bond acceptors (Lipinski definition) is 3. The maximum atomic E-state index is 9.47. The molecular formula is CH3O5P. The molecule has 0 aliphatic carbocycles. The molecule has 0 spiro atoms. The van der Waals surface area contributed by atoms with Crippen molar-refractivity contribution in [1.82, 2.24) is 0 Å². The van der Waals surface area contributed by atoms with E-state index in [0.29, 0.717) is 0 Å². The largest absolute Gasteiger partial charge is 0.526 e. The predicted molar refractivity (Wildman–Crippen MR) is 19.2 cm³/mol. The minimum atomic E-state index is -4.53. The monoisotopic (exact) mass is 126 g/mol. The minimum absolute atomic E-state index is 0.305. The van der Waals surface area contributed by atoms with Gasteiger partial charge in [0.25, 0.3) is 0 Å². The summed E-state index contributed by atoms with van der Waals surface area (Å²) in [5, 5.41) is 0. The molecule has 5 nitrogen and oxygen atoms in total. The average Bonchev–Trinajstić information content (AvgIpc) is 1.30. The quantitative estimate of drug-likeness (QED) is 0.375. The lowest BCUT2D eigenvalue weighted by Crippen LogP contribution is -1.81.